The second kappa shape index (κ2) is 6.26. The van der Waals surface area contributed by atoms with Crippen LogP contribution in [0.1, 0.15) is 27.8 Å². The standard InChI is InChI=1S/C16H18N2O3/c1-11-9-10-13(18(11)2)15(19)17-14(16(20)21-3)12-7-5-4-6-8-12/h4-10,14H,1-3H3,(H,17,19). The maximum Gasteiger partial charge on any atom is 0.333 e. The number of nitrogens with zero attached hydrogens (tertiary/aromatic N) is 1. The lowest BCUT2D eigenvalue weighted by atomic mass is 10.1. The monoisotopic (exact) mass is 286 g/mol. The first kappa shape index (κ1) is 14.8. The van der Waals surface area contributed by atoms with E-state index in [1.165, 1.54) is 7.11 Å². The van der Waals surface area contributed by atoms with Crippen LogP contribution >= 0.6 is 0 Å². The van der Waals surface area contributed by atoms with Gasteiger partial charge in [-0.1, -0.05) is 30.3 Å². The first-order chi connectivity index (χ1) is 10.0. The third kappa shape index (κ3) is 3.13. The first-order valence-corrected chi connectivity index (χ1v) is 6.60. The number of hydrogen-bond acceptors (Lipinski definition) is 3. The van der Waals surface area contributed by atoms with Gasteiger partial charge in [-0.3, -0.25) is 4.79 Å². The molecule has 0 spiro atoms. The van der Waals surface area contributed by atoms with E-state index in [0.717, 1.165) is 5.69 Å². The van der Waals surface area contributed by atoms with E-state index in [0.29, 0.717) is 11.3 Å². The van der Waals surface area contributed by atoms with Crippen LogP contribution in [0.2, 0.25) is 0 Å². The molecule has 1 heterocycles. The van der Waals surface area contributed by atoms with Gasteiger partial charge in [0.05, 0.1) is 7.11 Å². The van der Waals surface area contributed by atoms with Gasteiger partial charge in [-0.25, -0.2) is 4.79 Å². The number of nitrogens with one attached hydrogen (secondary N) is 1. The summed E-state index contributed by atoms with van der Waals surface area (Å²) in [7, 11) is 3.11. The van der Waals surface area contributed by atoms with E-state index in [-0.39, 0.29) is 5.91 Å². The third-order valence-electron chi connectivity index (χ3n) is 3.45. The Morgan fingerprint density at radius 2 is 1.81 bits per heavy atom. The normalized spacial score (nSPS) is 11.8. The highest BCUT2D eigenvalue weighted by atomic mass is 16.5. The number of amides is 1. The predicted molar refractivity (Wildman–Crippen MR) is 78.8 cm³/mol. The average molecular weight is 286 g/mol. The van der Waals surface area contributed by atoms with Crippen molar-refractivity contribution < 1.29 is 14.3 Å². The van der Waals surface area contributed by atoms with Crippen molar-refractivity contribution in [3.63, 3.8) is 0 Å². The Morgan fingerprint density at radius 3 is 2.33 bits per heavy atom. The number of hydrogen-bond donors (Lipinski definition) is 1. The molecule has 0 aliphatic carbocycles. The molecule has 1 atom stereocenters. The summed E-state index contributed by atoms with van der Waals surface area (Å²) in [6.07, 6.45) is 0. The minimum atomic E-state index is -0.820. The summed E-state index contributed by atoms with van der Waals surface area (Å²) in [6, 6.07) is 11.8. The minimum Gasteiger partial charge on any atom is -0.467 e. The lowest BCUT2D eigenvalue weighted by molar-refractivity contribution is -0.143. The molecule has 0 aliphatic rings. The molecule has 0 saturated heterocycles. The quantitative estimate of drug-likeness (QED) is 0.874. The van der Waals surface area contributed by atoms with E-state index in [4.69, 9.17) is 4.74 Å². The van der Waals surface area contributed by atoms with Crippen molar-refractivity contribution in [1.82, 2.24) is 9.88 Å². The van der Waals surface area contributed by atoms with Crippen LogP contribution in [-0.2, 0) is 16.6 Å². The number of carbonyl (C=O) groups is 2. The van der Waals surface area contributed by atoms with Gasteiger partial charge in [0.15, 0.2) is 6.04 Å². The molecule has 1 amide bonds. The summed E-state index contributed by atoms with van der Waals surface area (Å²) in [5.74, 6) is -0.815. The fraction of sp³-hybridized carbons (Fsp3) is 0.250. The fourth-order valence-electron chi connectivity index (χ4n) is 2.09. The first-order valence-electron chi connectivity index (χ1n) is 6.60. The molecule has 0 aliphatic heterocycles. The van der Waals surface area contributed by atoms with Crippen LogP contribution in [0.3, 0.4) is 0 Å². The largest absolute Gasteiger partial charge is 0.467 e. The van der Waals surface area contributed by atoms with Crippen LogP contribution < -0.4 is 5.32 Å². The van der Waals surface area contributed by atoms with Crippen molar-refractivity contribution in [2.75, 3.05) is 7.11 Å². The zero-order valence-electron chi connectivity index (χ0n) is 12.3. The summed E-state index contributed by atoms with van der Waals surface area (Å²) in [4.78, 5) is 24.3. The second-order valence-corrected chi connectivity index (χ2v) is 4.76. The van der Waals surface area contributed by atoms with Crippen molar-refractivity contribution in [3.05, 3.63) is 59.4 Å². The molecule has 21 heavy (non-hydrogen) atoms. The maximum atomic E-state index is 12.3. The van der Waals surface area contributed by atoms with Gasteiger partial charge in [0.1, 0.15) is 5.69 Å². The van der Waals surface area contributed by atoms with Crippen LogP contribution in [-0.4, -0.2) is 23.6 Å². The highest BCUT2D eigenvalue weighted by Gasteiger charge is 2.24. The summed E-state index contributed by atoms with van der Waals surface area (Å²) < 4.78 is 6.55. The van der Waals surface area contributed by atoms with Crippen molar-refractivity contribution in [2.45, 2.75) is 13.0 Å². The Bertz CT molecular complexity index is 647. The van der Waals surface area contributed by atoms with Gasteiger partial charge < -0.3 is 14.6 Å². The lowest BCUT2D eigenvalue weighted by Crippen LogP contribution is -2.35. The average Bonchev–Trinajstić information content (AvgIpc) is 2.84. The fourth-order valence-corrected chi connectivity index (χ4v) is 2.09. The maximum absolute atomic E-state index is 12.3. The van der Waals surface area contributed by atoms with Crippen molar-refractivity contribution >= 4 is 11.9 Å². The molecular weight excluding hydrogens is 268 g/mol. The number of esters is 1. The molecule has 5 nitrogen and oxygen atoms in total. The molecule has 0 fully saturated rings. The Hall–Kier alpha value is -2.56. The molecule has 0 saturated carbocycles. The van der Waals surface area contributed by atoms with E-state index in [1.54, 1.807) is 29.8 Å². The lowest BCUT2D eigenvalue weighted by Gasteiger charge is -2.17. The van der Waals surface area contributed by atoms with Gasteiger partial charge in [0.25, 0.3) is 5.91 Å². The number of aryl methyl sites for hydroxylation is 1. The van der Waals surface area contributed by atoms with Gasteiger partial charge in [0, 0.05) is 12.7 Å². The highest BCUT2D eigenvalue weighted by molar-refractivity contribution is 5.96. The molecule has 2 aromatic rings. The SMILES string of the molecule is COC(=O)C(NC(=O)c1ccc(C)n1C)c1ccccc1. The molecule has 0 bridgehead atoms. The molecule has 110 valence electrons. The van der Waals surface area contributed by atoms with Crippen LogP contribution in [0.4, 0.5) is 0 Å². The Labute approximate surface area is 123 Å². The van der Waals surface area contributed by atoms with Crippen molar-refractivity contribution in [3.8, 4) is 0 Å². The zero-order valence-corrected chi connectivity index (χ0v) is 12.3. The van der Waals surface area contributed by atoms with Crippen LogP contribution in [0.15, 0.2) is 42.5 Å². The van der Waals surface area contributed by atoms with E-state index in [9.17, 15) is 9.59 Å². The summed E-state index contributed by atoms with van der Waals surface area (Å²) in [5, 5.41) is 2.72. The second-order valence-electron chi connectivity index (χ2n) is 4.76. The van der Waals surface area contributed by atoms with Gasteiger partial charge in [-0.15, -0.1) is 0 Å². The predicted octanol–water partition coefficient (Wildman–Crippen LogP) is 1.98. The summed E-state index contributed by atoms with van der Waals surface area (Å²) in [5.41, 5.74) is 2.15. The number of benzene rings is 1. The number of ether oxygens (including phenoxy) is 1. The van der Waals surface area contributed by atoms with Gasteiger partial charge in [-0.2, -0.15) is 0 Å². The number of carbonyl (C=O) groups excluding carboxylic acids is 2. The van der Waals surface area contributed by atoms with E-state index in [2.05, 4.69) is 5.32 Å². The molecule has 1 N–H and O–H groups in total. The molecular formula is C16H18N2O3. The number of rotatable bonds is 4. The summed E-state index contributed by atoms with van der Waals surface area (Å²) >= 11 is 0. The molecule has 1 aromatic carbocycles. The van der Waals surface area contributed by atoms with Crippen molar-refractivity contribution in [2.24, 2.45) is 7.05 Å². The van der Waals surface area contributed by atoms with Crippen LogP contribution in [0.25, 0.3) is 0 Å². The summed E-state index contributed by atoms with van der Waals surface area (Å²) in [6.45, 7) is 1.91. The zero-order chi connectivity index (χ0) is 15.4. The topological polar surface area (TPSA) is 60.3 Å². The van der Waals surface area contributed by atoms with E-state index < -0.39 is 12.0 Å². The molecule has 2 rings (SSSR count). The van der Waals surface area contributed by atoms with E-state index >= 15 is 0 Å². The van der Waals surface area contributed by atoms with Crippen molar-refractivity contribution in [1.29, 1.82) is 0 Å². The Kier molecular flexibility index (Phi) is 4.42. The number of aromatic nitrogens is 1. The van der Waals surface area contributed by atoms with Gasteiger partial charge in [-0.05, 0) is 24.6 Å². The smallest absolute Gasteiger partial charge is 0.333 e. The van der Waals surface area contributed by atoms with Crippen LogP contribution in [0.5, 0.6) is 0 Å². The molecule has 1 unspecified atom stereocenters. The molecule has 5 heteroatoms. The molecule has 0 radical (unpaired) electrons. The Balaban J connectivity index is 2.26. The minimum absolute atomic E-state index is 0.315. The van der Waals surface area contributed by atoms with E-state index in [1.807, 2.05) is 31.2 Å². The molecule has 1 aromatic heterocycles. The van der Waals surface area contributed by atoms with Gasteiger partial charge >= 0.3 is 5.97 Å². The van der Waals surface area contributed by atoms with Gasteiger partial charge in [0.2, 0.25) is 0 Å². The third-order valence-corrected chi connectivity index (χ3v) is 3.45. The van der Waals surface area contributed by atoms with Crippen LogP contribution in [0, 0.1) is 6.92 Å². The number of methoxy groups -OCH3 is 1. The Morgan fingerprint density at radius 1 is 1.14 bits per heavy atom. The highest BCUT2D eigenvalue weighted by Crippen LogP contribution is 2.15.